The van der Waals surface area contributed by atoms with Crippen LogP contribution >= 0.6 is 38.6 Å². The number of carbonyl (C=O) groups excluding carboxylic acids is 2. The number of carbonyl (C=O) groups is 2. The van der Waals surface area contributed by atoms with E-state index < -0.39 is 0 Å². The van der Waals surface area contributed by atoms with Gasteiger partial charge in [0.2, 0.25) is 0 Å². The second-order valence-corrected chi connectivity index (χ2v) is 11.6. The molecule has 28 heavy (non-hydrogen) atoms. The Bertz CT molecular complexity index is 907. The summed E-state index contributed by atoms with van der Waals surface area (Å²) in [5, 5.41) is 1.90. The molecule has 2 nitrogen and oxygen atoms in total. The third-order valence-corrected chi connectivity index (χ3v) is 8.29. The molecule has 3 rings (SSSR count). The van der Waals surface area contributed by atoms with E-state index in [0.717, 1.165) is 52.8 Å². The van der Waals surface area contributed by atoms with Crippen LogP contribution in [0.5, 0.6) is 0 Å². The predicted octanol–water partition coefficient (Wildman–Crippen LogP) is 8.42. The van der Waals surface area contributed by atoms with Crippen molar-refractivity contribution in [3.8, 4) is 0 Å². The fourth-order valence-corrected chi connectivity index (χ4v) is 6.32. The van der Waals surface area contributed by atoms with Crippen LogP contribution in [0.2, 0.25) is 0 Å². The van der Waals surface area contributed by atoms with E-state index in [1.807, 2.05) is 6.07 Å². The molecule has 5 heteroatoms. The maximum atomic E-state index is 13.3. The lowest BCUT2D eigenvalue weighted by Gasteiger charge is -2.13. The van der Waals surface area contributed by atoms with E-state index in [9.17, 15) is 9.59 Å². The van der Waals surface area contributed by atoms with Gasteiger partial charge in [-0.2, -0.15) is 0 Å². The van der Waals surface area contributed by atoms with Crippen molar-refractivity contribution < 1.29 is 9.59 Å². The van der Waals surface area contributed by atoms with Gasteiger partial charge in [0.25, 0.3) is 0 Å². The normalized spacial score (nSPS) is 13.9. The van der Waals surface area contributed by atoms with Crippen molar-refractivity contribution in [2.24, 2.45) is 11.8 Å². The first-order chi connectivity index (χ1) is 13.3. The summed E-state index contributed by atoms with van der Waals surface area (Å²) in [5.41, 5.74) is 1.62. The monoisotopic (exact) mass is 478 g/mol. The highest BCUT2D eigenvalue weighted by molar-refractivity contribution is 9.11. The summed E-state index contributed by atoms with van der Waals surface area (Å²) in [6.45, 7) is 10.5. The molecule has 0 amide bonds. The highest BCUT2D eigenvalue weighted by Crippen LogP contribution is 2.44. The van der Waals surface area contributed by atoms with Gasteiger partial charge in [0.05, 0.1) is 3.79 Å². The first kappa shape index (κ1) is 21.7. The Kier molecular flexibility index (Phi) is 6.78. The van der Waals surface area contributed by atoms with Crippen LogP contribution in [0.15, 0.2) is 15.9 Å². The standard InChI is InChI=1S/C23H27BrO2S2/c1-6-12(3)8-17(25)20-15-10-14(5)27-22(15)21(18(26)9-13(4)7-2)16-11-19(24)28-23(16)20/h10-13H,6-9H2,1-5H3. The molecule has 0 bridgehead atoms. The maximum absolute atomic E-state index is 13.3. The number of benzene rings is 1. The van der Waals surface area contributed by atoms with Gasteiger partial charge in [-0.05, 0) is 46.8 Å². The summed E-state index contributed by atoms with van der Waals surface area (Å²) < 4.78 is 2.90. The molecular weight excluding hydrogens is 452 g/mol. The van der Waals surface area contributed by atoms with E-state index in [1.54, 1.807) is 22.7 Å². The number of fused-ring (bicyclic) bond motifs is 2. The predicted molar refractivity (Wildman–Crippen MR) is 126 cm³/mol. The van der Waals surface area contributed by atoms with E-state index in [1.165, 1.54) is 0 Å². The summed E-state index contributed by atoms with van der Waals surface area (Å²) in [6.07, 6.45) is 3.07. The topological polar surface area (TPSA) is 34.1 Å². The number of thiophene rings is 2. The SMILES string of the molecule is CCC(C)CC(=O)c1c2cc(Br)sc2c(C(=O)CC(C)CC)c2cc(C)sc12. The number of ketones is 2. The van der Waals surface area contributed by atoms with Crippen LogP contribution in [-0.4, -0.2) is 11.6 Å². The molecule has 0 spiro atoms. The average Bonchev–Trinajstić information content (AvgIpc) is 3.19. The fourth-order valence-electron chi connectivity index (χ4n) is 3.54. The molecule has 0 saturated heterocycles. The number of Topliss-reactive ketones (excluding diaryl/α,β-unsaturated/α-hetero) is 2. The maximum Gasteiger partial charge on any atom is 0.165 e. The van der Waals surface area contributed by atoms with Gasteiger partial charge >= 0.3 is 0 Å². The van der Waals surface area contributed by atoms with Gasteiger partial charge in [0.15, 0.2) is 11.6 Å². The quantitative estimate of drug-likeness (QED) is 0.304. The van der Waals surface area contributed by atoms with Gasteiger partial charge in [-0.25, -0.2) is 0 Å². The molecular formula is C23H27BrO2S2. The molecule has 0 aliphatic carbocycles. The Labute approximate surface area is 183 Å². The van der Waals surface area contributed by atoms with Gasteiger partial charge in [0.1, 0.15) is 0 Å². The van der Waals surface area contributed by atoms with Crippen molar-refractivity contribution >= 4 is 70.3 Å². The zero-order valence-corrected chi connectivity index (χ0v) is 20.4. The Hall–Kier alpha value is -1.04. The minimum absolute atomic E-state index is 0.192. The van der Waals surface area contributed by atoms with Crippen LogP contribution in [-0.2, 0) is 0 Å². The molecule has 2 unspecified atom stereocenters. The van der Waals surface area contributed by atoms with Crippen LogP contribution in [0.25, 0.3) is 20.2 Å². The highest BCUT2D eigenvalue weighted by atomic mass is 79.9. The minimum atomic E-state index is 0.192. The van der Waals surface area contributed by atoms with Crippen LogP contribution in [0.4, 0.5) is 0 Å². The average molecular weight is 480 g/mol. The highest BCUT2D eigenvalue weighted by Gasteiger charge is 2.26. The molecule has 0 aliphatic rings. The number of rotatable bonds is 8. The Morgan fingerprint density at radius 1 is 0.893 bits per heavy atom. The number of aryl methyl sites for hydroxylation is 1. The molecule has 0 saturated carbocycles. The van der Waals surface area contributed by atoms with Crippen molar-refractivity contribution in [3.63, 3.8) is 0 Å². The van der Waals surface area contributed by atoms with Crippen LogP contribution in [0, 0.1) is 18.8 Å². The lowest BCUT2D eigenvalue weighted by atomic mass is 9.90. The van der Waals surface area contributed by atoms with Crippen LogP contribution in [0.1, 0.15) is 79.0 Å². The van der Waals surface area contributed by atoms with Crippen molar-refractivity contribution in [1.29, 1.82) is 0 Å². The Morgan fingerprint density at radius 2 is 1.36 bits per heavy atom. The number of hydrogen-bond acceptors (Lipinski definition) is 4. The summed E-state index contributed by atoms with van der Waals surface area (Å²) in [6, 6.07) is 4.12. The third-order valence-electron chi connectivity index (χ3n) is 5.57. The summed E-state index contributed by atoms with van der Waals surface area (Å²) in [4.78, 5) is 27.7. The van der Waals surface area contributed by atoms with E-state index in [4.69, 9.17) is 0 Å². The van der Waals surface area contributed by atoms with E-state index in [2.05, 4.69) is 56.6 Å². The smallest absolute Gasteiger partial charge is 0.165 e. The lowest BCUT2D eigenvalue weighted by molar-refractivity contribution is 0.0956. The largest absolute Gasteiger partial charge is 0.294 e. The third kappa shape index (κ3) is 4.12. The number of halogens is 1. The molecule has 2 atom stereocenters. The van der Waals surface area contributed by atoms with Gasteiger partial charge in [-0.1, -0.05) is 40.5 Å². The van der Waals surface area contributed by atoms with Crippen LogP contribution < -0.4 is 0 Å². The molecule has 1 aromatic carbocycles. The molecule has 2 aromatic heterocycles. The van der Waals surface area contributed by atoms with Crippen molar-refractivity contribution in [3.05, 3.63) is 31.9 Å². The second kappa shape index (κ2) is 8.76. The molecule has 150 valence electrons. The molecule has 0 radical (unpaired) electrons. The van der Waals surface area contributed by atoms with Crippen molar-refractivity contribution in [2.45, 2.75) is 60.3 Å². The first-order valence-electron chi connectivity index (χ1n) is 9.98. The Morgan fingerprint density at radius 3 is 1.86 bits per heavy atom. The summed E-state index contributed by atoms with van der Waals surface area (Å²) in [5.74, 6) is 1.09. The summed E-state index contributed by atoms with van der Waals surface area (Å²) >= 11 is 6.80. The van der Waals surface area contributed by atoms with Gasteiger partial charge in [-0.15, -0.1) is 22.7 Å². The lowest BCUT2D eigenvalue weighted by Crippen LogP contribution is -2.09. The minimum Gasteiger partial charge on any atom is -0.294 e. The van der Waals surface area contributed by atoms with Crippen molar-refractivity contribution in [2.75, 3.05) is 0 Å². The van der Waals surface area contributed by atoms with Gasteiger partial charge < -0.3 is 0 Å². The van der Waals surface area contributed by atoms with E-state index in [0.29, 0.717) is 24.7 Å². The molecule has 0 aliphatic heterocycles. The zero-order chi connectivity index (χ0) is 20.6. The van der Waals surface area contributed by atoms with E-state index in [-0.39, 0.29) is 11.6 Å². The summed E-state index contributed by atoms with van der Waals surface area (Å²) in [7, 11) is 0. The first-order valence-corrected chi connectivity index (χ1v) is 12.4. The fraction of sp³-hybridized carbons (Fsp3) is 0.478. The van der Waals surface area contributed by atoms with Gasteiger partial charge in [0, 0.05) is 49.0 Å². The zero-order valence-electron chi connectivity index (χ0n) is 17.1. The number of hydrogen-bond donors (Lipinski definition) is 0. The van der Waals surface area contributed by atoms with Gasteiger partial charge in [-0.3, -0.25) is 9.59 Å². The molecule has 2 heterocycles. The Balaban J connectivity index is 2.29. The molecule has 3 aromatic rings. The molecule has 0 fully saturated rings. The van der Waals surface area contributed by atoms with Crippen LogP contribution in [0.3, 0.4) is 0 Å². The van der Waals surface area contributed by atoms with E-state index >= 15 is 0 Å². The molecule has 0 N–H and O–H groups in total. The second-order valence-electron chi connectivity index (χ2n) is 7.92. The van der Waals surface area contributed by atoms with Crippen molar-refractivity contribution in [1.82, 2.24) is 0 Å².